The second-order valence-corrected chi connectivity index (χ2v) is 6.59. The Morgan fingerprint density at radius 3 is 1.89 bits per heavy atom. The molecule has 0 fully saturated rings. The highest BCUT2D eigenvalue weighted by atomic mass is 19.3. The number of hydrogen-bond acceptors (Lipinski definition) is 0. The molecule has 0 radical (unpaired) electrons. The van der Waals surface area contributed by atoms with Gasteiger partial charge in [0, 0.05) is 5.56 Å². The minimum atomic E-state index is -2.30. The van der Waals surface area contributed by atoms with Crippen LogP contribution in [-0.4, -0.2) is 0 Å². The largest absolute Gasteiger partial charge is 0.306 e. The predicted octanol–water partition coefficient (Wildman–Crippen LogP) is 7.83. The molecule has 0 saturated heterocycles. The molecule has 0 unspecified atom stereocenters. The summed E-state index contributed by atoms with van der Waals surface area (Å²) in [5.74, 6) is -1.47. The van der Waals surface area contributed by atoms with Crippen LogP contribution in [0.15, 0.2) is 84.9 Å². The Morgan fingerprint density at radius 1 is 0.481 bits per heavy atom. The average Bonchev–Trinajstić information content (AvgIpc) is 2.71. The van der Waals surface area contributed by atoms with Gasteiger partial charge in [-0.25, -0.2) is 4.39 Å². The van der Waals surface area contributed by atoms with E-state index in [1.165, 1.54) is 6.07 Å². The zero-order chi connectivity index (χ0) is 18.5. The fraction of sp³-hybridized carbons (Fsp3) is 0. The summed E-state index contributed by atoms with van der Waals surface area (Å²) in [5, 5.41) is 7.31. The number of hydrogen-bond donors (Lipinski definition) is 0. The normalized spacial score (nSPS) is 11.5. The van der Waals surface area contributed by atoms with E-state index >= 15 is 0 Å². The van der Waals surface area contributed by atoms with E-state index in [0.717, 1.165) is 37.7 Å². The van der Waals surface area contributed by atoms with Crippen LogP contribution in [0.5, 0.6) is 0 Å². The van der Waals surface area contributed by atoms with E-state index in [9.17, 15) is 13.2 Å². The maximum Gasteiger partial charge on any atom is 0.306 e. The zero-order valence-corrected chi connectivity index (χ0v) is 14.1. The topological polar surface area (TPSA) is 0 Å². The van der Waals surface area contributed by atoms with Gasteiger partial charge < -0.3 is 0 Å². The molecule has 0 aliphatic carbocycles. The molecule has 0 heterocycles. The van der Waals surface area contributed by atoms with Crippen LogP contribution in [0.25, 0.3) is 48.9 Å². The van der Waals surface area contributed by atoms with Crippen LogP contribution in [0.1, 0.15) is 5.56 Å². The van der Waals surface area contributed by atoms with Crippen molar-refractivity contribution < 1.29 is 13.2 Å². The first-order chi connectivity index (χ1) is 13.1. The van der Waals surface area contributed by atoms with Crippen molar-refractivity contribution >= 4 is 48.9 Å². The standard InChI is InChI=1S/C24H13F3/c25-23(24(26)27)21-7-3-5-15-9-11-19-18-10-8-14-4-1-2-6-16(14)17(18)12-13-20(19)22(15)21/h1-13H. The lowest BCUT2D eigenvalue weighted by molar-refractivity contribution is 0.410. The van der Waals surface area contributed by atoms with Crippen LogP contribution in [0.4, 0.5) is 13.2 Å². The minimum absolute atomic E-state index is 0.0711. The lowest BCUT2D eigenvalue weighted by atomic mass is 9.92. The van der Waals surface area contributed by atoms with E-state index in [2.05, 4.69) is 18.2 Å². The van der Waals surface area contributed by atoms with E-state index in [1.807, 2.05) is 48.5 Å². The fourth-order valence-corrected chi connectivity index (χ4v) is 3.98. The molecule has 0 aliphatic rings. The number of benzene rings is 5. The van der Waals surface area contributed by atoms with Gasteiger partial charge in [0.25, 0.3) is 0 Å². The lowest BCUT2D eigenvalue weighted by Crippen LogP contribution is -1.87. The molecule has 27 heavy (non-hydrogen) atoms. The Morgan fingerprint density at radius 2 is 1.07 bits per heavy atom. The summed E-state index contributed by atoms with van der Waals surface area (Å²) in [4.78, 5) is 0. The quantitative estimate of drug-likeness (QED) is 0.268. The van der Waals surface area contributed by atoms with E-state index in [-0.39, 0.29) is 5.56 Å². The molecule has 0 nitrogen and oxygen atoms in total. The van der Waals surface area contributed by atoms with Gasteiger partial charge in [-0.05, 0) is 43.1 Å². The van der Waals surface area contributed by atoms with Crippen molar-refractivity contribution in [1.82, 2.24) is 0 Å². The van der Waals surface area contributed by atoms with Crippen molar-refractivity contribution in [3.05, 3.63) is 90.5 Å². The van der Waals surface area contributed by atoms with Crippen LogP contribution in [0, 0.1) is 0 Å². The molecule has 0 N–H and O–H groups in total. The third-order valence-corrected chi connectivity index (χ3v) is 5.17. The molecule has 0 aromatic heterocycles. The van der Waals surface area contributed by atoms with Crippen LogP contribution >= 0.6 is 0 Å². The molecule has 5 rings (SSSR count). The van der Waals surface area contributed by atoms with E-state index < -0.39 is 11.9 Å². The van der Waals surface area contributed by atoms with Crippen LogP contribution in [0.2, 0.25) is 0 Å². The summed E-state index contributed by atoms with van der Waals surface area (Å²) in [6, 6.07) is 24.7. The van der Waals surface area contributed by atoms with Gasteiger partial charge in [0.1, 0.15) is 0 Å². The summed E-state index contributed by atoms with van der Waals surface area (Å²) < 4.78 is 40.1. The molecule has 0 atom stereocenters. The summed E-state index contributed by atoms with van der Waals surface area (Å²) in [7, 11) is 0. The highest BCUT2D eigenvalue weighted by molar-refractivity contribution is 6.23. The van der Waals surface area contributed by atoms with Gasteiger partial charge in [-0.15, -0.1) is 0 Å². The molecular weight excluding hydrogens is 345 g/mol. The summed E-state index contributed by atoms with van der Waals surface area (Å²) in [6.45, 7) is 0. The maximum absolute atomic E-state index is 14.2. The SMILES string of the molecule is FC(F)=C(F)c1cccc2ccc3c4ccc5ccccc5c4ccc3c12. The highest BCUT2D eigenvalue weighted by Crippen LogP contribution is 2.38. The van der Waals surface area contributed by atoms with Gasteiger partial charge in [0.2, 0.25) is 0 Å². The van der Waals surface area contributed by atoms with Crippen LogP contribution in [0.3, 0.4) is 0 Å². The molecule has 0 amide bonds. The van der Waals surface area contributed by atoms with Crippen molar-refractivity contribution in [1.29, 1.82) is 0 Å². The van der Waals surface area contributed by atoms with Crippen molar-refractivity contribution in [2.24, 2.45) is 0 Å². The Bertz CT molecular complexity index is 1390. The fourth-order valence-electron chi connectivity index (χ4n) is 3.98. The monoisotopic (exact) mass is 358 g/mol. The van der Waals surface area contributed by atoms with E-state index in [0.29, 0.717) is 5.39 Å². The van der Waals surface area contributed by atoms with Crippen molar-refractivity contribution in [2.75, 3.05) is 0 Å². The van der Waals surface area contributed by atoms with Crippen molar-refractivity contribution in [3.63, 3.8) is 0 Å². The summed E-state index contributed by atoms with van der Waals surface area (Å²) in [5.41, 5.74) is -0.0711. The van der Waals surface area contributed by atoms with Gasteiger partial charge in [0.15, 0.2) is 5.83 Å². The molecule has 0 spiro atoms. The number of rotatable bonds is 1. The van der Waals surface area contributed by atoms with Gasteiger partial charge in [-0.1, -0.05) is 78.9 Å². The Hall–Kier alpha value is -3.33. The second-order valence-electron chi connectivity index (χ2n) is 6.59. The van der Waals surface area contributed by atoms with Gasteiger partial charge in [0.05, 0.1) is 0 Å². The molecular formula is C24H13F3. The first-order valence-electron chi connectivity index (χ1n) is 8.62. The van der Waals surface area contributed by atoms with Gasteiger partial charge >= 0.3 is 6.08 Å². The van der Waals surface area contributed by atoms with E-state index in [4.69, 9.17) is 0 Å². The molecule has 3 heteroatoms. The average molecular weight is 358 g/mol. The molecule has 0 bridgehead atoms. The first-order valence-corrected chi connectivity index (χ1v) is 8.62. The minimum Gasteiger partial charge on any atom is -0.200 e. The summed E-state index contributed by atoms with van der Waals surface area (Å²) in [6.07, 6.45) is -2.30. The van der Waals surface area contributed by atoms with E-state index in [1.54, 1.807) is 6.07 Å². The van der Waals surface area contributed by atoms with Crippen LogP contribution in [-0.2, 0) is 0 Å². The molecule has 130 valence electrons. The second kappa shape index (κ2) is 5.85. The summed E-state index contributed by atoms with van der Waals surface area (Å²) >= 11 is 0. The predicted molar refractivity (Wildman–Crippen MR) is 107 cm³/mol. The Balaban J connectivity index is 1.99. The zero-order valence-electron chi connectivity index (χ0n) is 14.1. The Labute approximate surface area is 153 Å². The molecule has 5 aromatic rings. The highest BCUT2D eigenvalue weighted by Gasteiger charge is 2.15. The molecule has 5 aromatic carbocycles. The van der Waals surface area contributed by atoms with Crippen molar-refractivity contribution in [3.8, 4) is 0 Å². The van der Waals surface area contributed by atoms with Crippen molar-refractivity contribution in [2.45, 2.75) is 0 Å². The van der Waals surface area contributed by atoms with Gasteiger partial charge in [-0.2, -0.15) is 8.78 Å². The lowest BCUT2D eigenvalue weighted by Gasteiger charge is -2.12. The molecule has 0 saturated carbocycles. The van der Waals surface area contributed by atoms with Crippen LogP contribution < -0.4 is 0 Å². The third kappa shape index (κ3) is 2.32. The first kappa shape index (κ1) is 15.9. The maximum atomic E-state index is 14.2. The molecule has 0 aliphatic heterocycles. The Kier molecular flexibility index (Phi) is 3.44. The number of halogens is 3. The van der Waals surface area contributed by atoms with Gasteiger partial charge in [-0.3, -0.25) is 0 Å². The number of fused-ring (bicyclic) bond motifs is 7. The third-order valence-electron chi connectivity index (χ3n) is 5.17. The smallest absolute Gasteiger partial charge is 0.200 e.